The van der Waals surface area contributed by atoms with E-state index in [2.05, 4.69) is 27.1 Å². The maximum absolute atomic E-state index is 13.2. The second kappa shape index (κ2) is 12.5. The summed E-state index contributed by atoms with van der Waals surface area (Å²) in [5.74, 6) is 0.545. The van der Waals surface area contributed by atoms with E-state index >= 15 is 0 Å². The van der Waals surface area contributed by atoms with Gasteiger partial charge in [-0.2, -0.15) is 0 Å². The third-order valence-corrected chi connectivity index (χ3v) is 11.0. The van der Waals surface area contributed by atoms with Crippen molar-refractivity contribution in [1.29, 1.82) is 0 Å². The van der Waals surface area contributed by atoms with Gasteiger partial charge in [0.2, 0.25) is 0 Å². The quantitative estimate of drug-likeness (QED) is 0.401. The van der Waals surface area contributed by atoms with Crippen molar-refractivity contribution in [2.45, 2.75) is 13.0 Å². The molecule has 38 heavy (non-hydrogen) atoms. The van der Waals surface area contributed by atoms with Crippen molar-refractivity contribution < 1.29 is 19.1 Å². The molecule has 0 radical (unpaired) electrons. The zero-order chi connectivity index (χ0) is 27.2. The third kappa shape index (κ3) is 6.41. The number of hydrogen-bond donors (Lipinski definition) is 1. The number of rotatable bonds is 9. The van der Waals surface area contributed by atoms with Crippen LogP contribution in [0, 0.1) is 0 Å². The third-order valence-electron chi connectivity index (χ3n) is 6.69. The minimum atomic E-state index is -1.94. The molecule has 2 aliphatic rings. The van der Waals surface area contributed by atoms with Gasteiger partial charge in [0.15, 0.2) is 0 Å². The Morgan fingerprint density at radius 3 is 2.34 bits per heavy atom. The van der Waals surface area contributed by atoms with E-state index in [0.717, 1.165) is 6.54 Å². The number of ketones is 1. The molecule has 1 fully saturated rings. The molecule has 2 amide bonds. The van der Waals surface area contributed by atoms with Gasteiger partial charge in [0.25, 0.3) is 0 Å². The number of hydrogen-bond acceptors (Lipinski definition) is 9. The first-order valence-corrected chi connectivity index (χ1v) is 15.6. The second-order valence-corrected chi connectivity index (χ2v) is 13.4. The standard InChI is InChI=1S/C26H33N7O4.In/c1-19(31(2)3)15-27-23-17-30-24(18-29-23)28-16-21(37-4)14-22(34)26(36)33-12-10-32(11-13-33)25(35)20-8-6-5-7-9-20;/h5-9,16-19H,10-13,15H2,1-4H3,(H2,27,28,29,30,34,36);/q;+1/p-1. The molecule has 1 unspecified atom stereocenters. The summed E-state index contributed by atoms with van der Waals surface area (Å²) in [6.45, 7) is 4.24. The average Bonchev–Trinajstić information content (AvgIpc) is 3.40. The van der Waals surface area contributed by atoms with Crippen molar-refractivity contribution in [2.75, 3.05) is 62.1 Å². The molecule has 4 rings (SSSR count). The molecule has 0 aliphatic carbocycles. The number of carbonyl (C=O) groups is 3. The summed E-state index contributed by atoms with van der Waals surface area (Å²) in [5.41, 5.74) is 0.614. The Bertz CT molecular complexity index is 1230. The fourth-order valence-corrected chi connectivity index (χ4v) is 7.77. The summed E-state index contributed by atoms with van der Waals surface area (Å²) < 4.78 is 7.84. The van der Waals surface area contributed by atoms with E-state index in [1.165, 1.54) is 12.0 Å². The van der Waals surface area contributed by atoms with Crippen LogP contribution in [-0.2, 0) is 14.3 Å². The Hall–Kier alpha value is -3.25. The molecule has 1 aromatic carbocycles. The Balaban J connectivity index is 1.37. The van der Waals surface area contributed by atoms with Crippen LogP contribution >= 0.6 is 0 Å². The molecule has 2 aromatic rings. The van der Waals surface area contributed by atoms with Gasteiger partial charge in [0.1, 0.15) is 0 Å². The Morgan fingerprint density at radius 2 is 1.74 bits per heavy atom. The van der Waals surface area contributed by atoms with E-state index in [1.54, 1.807) is 35.6 Å². The predicted molar refractivity (Wildman–Crippen MR) is 146 cm³/mol. The predicted octanol–water partition coefficient (Wildman–Crippen LogP) is 0.492. The Labute approximate surface area is 233 Å². The molecule has 1 saturated heterocycles. The zero-order valence-corrected chi connectivity index (χ0v) is 25.4. The van der Waals surface area contributed by atoms with E-state index in [-0.39, 0.29) is 5.91 Å². The van der Waals surface area contributed by atoms with Gasteiger partial charge in [-0.1, -0.05) is 0 Å². The summed E-state index contributed by atoms with van der Waals surface area (Å²) in [6, 6.07) is 9.40. The molecule has 1 N–H and O–H groups in total. The summed E-state index contributed by atoms with van der Waals surface area (Å²) in [5, 5.41) is 3.27. The molecular formula is C26H32InN7O4. The first-order valence-electron chi connectivity index (χ1n) is 12.4. The van der Waals surface area contributed by atoms with Gasteiger partial charge in [-0.25, -0.2) is 0 Å². The van der Waals surface area contributed by atoms with Crippen LogP contribution < -0.4 is 8.20 Å². The SMILES string of the molecule is COC1=C[N](c2cnc(NCC(C)N(C)C)cn2)[In]=[C]1C(=O)C(=O)N1CCN(C(=O)c2ccccc2)CC1. The van der Waals surface area contributed by atoms with Crippen LogP contribution in [0.5, 0.6) is 0 Å². The molecule has 11 nitrogen and oxygen atoms in total. The molecule has 1 atom stereocenters. The van der Waals surface area contributed by atoms with Crippen LogP contribution in [0.25, 0.3) is 0 Å². The van der Waals surface area contributed by atoms with Gasteiger partial charge < -0.3 is 0 Å². The van der Waals surface area contributed by atoms with Crippen molar-refractivity contribution >= 4 is 55.2 Å². The number of aromatic nitrogens is 2. The van der Waals surface area contributed by atoms with Crippen LogP contribution in [0.2, 0.25) is 0 Å². The first-order chi connectivity index (χ1) is 18.3. The number of anilines is 2. The Kier molecular flexibility index (Phi) is 9.16. The number of methoxy groups -OCH3 is 1. The zero-order valence-electron chi connectivity index (χ0n) is 22.1. The summed E-state index contributed by atoms with van der Waals surface area (Å²) >= 11 is -1.94. The number of carbonyl (C=O) groups excluding carboxylic acids is 3. The minimum absolute atomic E-state index is 0.0703. The van der Waals surface area contributed by atoms with Gasteiger partial charge in [-0.15, -0.1) is 0 Å². The molecule has 0 bridgehead atoms. The maximum atomic E-state index is 13.2. The van der Waals surface area contributed by atoms with Gasteiger partial charge in [0.05, 0.1) is 0 Å². The van der Waals surface area contributed by atoms with E-state index in [1.807, 2.05) is 35.2 Å². The van der Waals surface area contributed by atoms with Crippen LogP contribution in [0.3, 0.4) is 0 Å². The Morgan fingerprint density at radius 1 is 1.05 bits per heavy atom. The molecule has 12 heteroatoms. The van der Waals surface area contributed by atoms with Crippen molar-refractivity contribution in [2.24, 2.45) is 0 Å². The van der Waals surface area contributed by atoms with Crippen molar-refractivity contribution in [3.05, 3.63) is 60.2 Å². The fourth-order valence-electron chi connectivity index (χ4n) is 4.02. The van der Waals surface area contributed by atoms with Crippen molar-refractivity contribution in [3.63, 3.8) is 0 Å². The van der Waals surface area contributed by atoms with Crippen LogP contribution in [0.1, 0.15) is 17.3 Å². The number of likely N-dealkylation sites (N-methyl/N-ethyl adjacent to an activating group) is 1. The molecule has 0 saturated carbocycles. The van der Waals surface area contributed by atoms with E-state index in [9.17, 15) is 14.4 Å². The fraction of sp³-hybridized carbons (Fsp3) is 0.385. The first kappa shape index (κ1) is 27.8. The molecule has 2 aliphatic heterocycles. The number of amides is 2. The number of nitrogens with one attached hydrogen (secondary N) is 1. The summed E-state index contributed by atoms with van der Waals surface area (Å²) in [6.07, 6.45) is 5.07. The summed E-state index contributed by atoms with van der Waals surface area (Å²) in [7, 11) is 5.54. The van der Waals surface area contributed by atoms with Gasteiger partial charge in [0, 0.05) is 0 Å². The monoisotopic (exact) mass is 621 g/mol. The van der Waals surface area contributed by atoms with Crippen molar-refractivity contribution in [3.8, 4) is 0 Å². The number of ether oxygens (including phenoxy) is 1. The number of allylic oxidation sites excluding steroid dienone is 1. The van der Waals surface area contributed by atoms with Gasteiger partial charge in [-0.3, -0.25) is 0 Å². The molecule has 0 spiro atoms. The van der Waals surface area contributed by atoms with Gasteiger partial charge in [-0.05, 0) is 0 Å². The molecular weight excluding hydrogens is 589 g/mol. The number of piperazine rings is 1. The van der Waals surface area contributed by atoms with Crippen LogP contribution in [0.4, 0.5) is 11.6 Å². The number of Topliss-reactive ketones (excluding diaryl/α,β-unsaturated/α-hetero) is 1. The summed E-state index contributed by atoms with van der Waals surface area (Å²) in [4.78, 5) is 53.3. The molecule has 3 heterocycles. The van der Waals surface area contributed by atoms with Crippen LogP contribution in [0.15, 0.2) is 54.7 Å². The van der Waals surface area contributed by atoms with Crippen molar-refractivity contribution in [1.82, 2.24) is 24.7 Å². The second-order valence-electron chi connectivity index (χ2n) is 9.38. The topological polar surface area (TPSA) is 111 Å². The molecule has 1 aromatic heterocycles. The van der Waals surface area contributed by atoms with E-state index in [0.29, 0.717) is 58.4 Å². The average molecular weight is 621 g/mol. The van der Waals surface area contributed by atoms with E-state index in [4.69, 9.17) is 4.74 Å². The normalized spacial score (nSPS) is 16.0. The van der Waals surface area contributed by atoms with Gasteiger partial charge >= 0.3 is 234 Å². The molecule has 198 valence electrons. The van der Waals surface area contributed by atoms with Crippen LogP contribution in [-0.4, -0.2) is 128 Å². The number of benzene rings is 1. The van der Waals surface area contributed by atoms with E-state index < -0.39 is 34.4 Å². The number of nitrogens with zero attached hydrogens (tertiary/aromatic N) is 6.